The molecule has 0 fully saturated rings. The Labute approximate surface area is 104 Å². The maximum absolute atomic E-state index is 10.7. The fourth-order valence-corrected chi connectivity index (χ4v) is 1.39. The topological polar surface area (TPSA) is 102 Å². The molecular weight excluding hydrogens is 238 g/mol. The van der Waals surface area contributed by atoms with Gasteiger partial charge in [-0.05, 0) is 30.7 Å². The Morgan fingerprint density at radius 1 is 1.28 bits per heavy atom. The Hall–Kier alpha value is -2.24. The van der Waals surface area contributed by atoms with Crippen LogP contribution in [0.25, 0.3) is 0 Å². The minimum absolute atomic E-state index is 0.0390. The molecule has 0 bridgehead atoms. The summed E-state index contributed by atoms with van der Waals surface area (Å²) in [5, 5.41) is 23.9. The van der Waals surface area contributed by atoms with Gasteiger partial charge in [0, 0.05) is 30.1 Å². The number of ether oxygens (including phenoxy) is 1. The highest BCUT2D eigenvalue weighted by Gasteiger charge is 2.10. The molecule has 0 aliphatic carbocycles. The summed E-state index contributed by atoms with van der Waals surface area (Å²) in [5.41, 5.74) is 0.667. The van der Waals surface area contributed by atoms with Crippen LogP contribution in [0.15, 0.2) is 24.3 Å². The van der Waals surface area contributed by atoms with E-state index in [-0.39, 0.29) is 6.54 Å². The van der Waals surface area contributed by atoms with E-state index in [1.54, 1.807) is 24.3 Å². The largest absolute Gasteiger partial charge is 0.550 e. The molecule has 6 nitrogen and oxygen atoms in total. The zero-order valence-electron chi connectivity index (χ0n) is 9.84. The third-order valence-corrected chi connectivity index (χ3v) is 2.39. The average Bonchev–Trinajstić information content (AvgIpc) is 2.34. The van der Waals surface area contributed by atoms with Gasteiger partial charge in [-0.3, -0.25) is 0 Å². The van der Waals surface area contributed by atoms with E-state index in [0.29, 0.717) is 11.4 Å². The highest BCUT2D eigenvalue weighted by molar-refractivity contribution is 5.76. The van der Waals surface area contributed by atoms with E-state index in [1.807, 2.05) is 0 Å². The van der Waals surface area contributed by atoms with Crippen molar-refractivity contribution in [3.05, 3.63) is 24.3 Å². The fraction of sp³-hybridized carbons (Fsp3) is 0.333. The van der Waals surface area contributed by atoms with Gasteiger partial charge in [0.05, 0.1) is 7.11 Å². The molecule has 1 atom stereocenters. The van der Waals surface area contributed by atoms with Crippen LogP contribution in [0.5, 0.6) is 5.75 Å². The van der Waals surface area contributed by atoms with Crippen LogP contribution in [-0.2, 0) is 9.59 Å². The lowest BCUT2D eigenvalue weighted by molar-refractivity contribution is -0.320. The van der Waals surface area contributed by atoms with Crippen molar-refractivity contribution >= 4 is 17.6 Å². The number of methoxy groups -OCH3 is 1. The van der Waals surface area contributed by atoms with Gasteiger partial charge in [0.15, 0.2) is 0 Å². The number of aliphatic carboxylic acids is 2. The molecule has 0 unspecified atom stereocenters. The van der Waals surface area contributed by atoms with E-state index in [4.69, 9.17) is 4.74 Å². The van der Waals surface area contributed by atoms with Crippen molar-refractivity contribution in [2.45, 2.75) is 6.42 Å². The summed E-state index contributed by atoms with van der Waals surface area (Å²) in [5.74, 6) is -3.29. The lowest BCUT2D eigenvalue weighted by Gasteiger charge is -2.19. The number of anilines is 1. The van der Waals surface area contributed by atoms with Crippen LogP contribution in [0.4, 0.5) is 5.69 Å². The van der Waals surface area contributed by atoms with Crippen LogP contribution >= 0.6 is 0 Å². The summed E-state index contributed by atoms with van der Waals surface area (Å²) in [6.45, 7) is -0.0390. The highest BCUT2D eigenvalue weighted by Crippen LogP contribution is 2.15. The number of hydrogen-bond donors (Lipinski definition) is 1. The second-order valence-corrected chi connectivity index (χ2v) is 3.70. The second-order valence-electron chi connectivity index (χ2n) is 3.70. The van der Waals surface area contributed by atoms with Crippen LogP contribution < -0.4 is 20.3 Å². The summed E-state index contributed by atoms with van der Waals surface area (Å²) in [6, 6.07) is 6.80. The summed E-state index contributed by atoms with van der Waals surface area (Å²) in [6.07, 6.45) is -0.578. The van der Waals surface area contributed by atoms with Gasteiger partial charge in [0.1, 0.15) is 5.75 Å². The van der Waals surface area contributed by atoms with Gasteiger partial charge in [-0.15, -0.1) is 0 Å². The van der Waals surface area contributed by atoms with Crippen molar-refractivity contribution < 1.29 is 24.5 Å². The summed E-state index contributed by atoms with van der Waals surface area (Å²) >= 11 is 0. The summed E-state index contributed by atoms with van der Waals surface area (Å²) in [4.78, 5) is 21.1. The van der Waals surface area contributed by atoms with Gasteiger partial charge in [-0.25, -0.2) is 0 Å². The normalized spacial score (nSPS) is 11.6. The van der Waals surface area contributed by atoms with Gasteiger partial charge in [0.25, 0.3) is 0 Å². The van der Waals surface area contributed by atoms with Crippen molar-refractivity contribution in [3.63, 3.8) is 0 Å². The first-order valence-electron chi connectivity index (χ1n) is 5.31. The highest BCUT2D eigenvalue weighted by atomic mass is 16.5. The summed E-state index contributed by atoms with van der Waals surface area (Å²) < 4.78 is 4.97. The molecule has 1 aromatic rings. The third kappa shape index (κ3) is 4.32. The minimum Gasteiger partial charge on any atom is -0.550 e. The molecule has 98 valence electrons. The average molecular weight is 251 g/mol. The van der Waals surface area contributed by atoms with Gasteiger partial charge in [-0.1, -0.05) is 0 Å². The van der Waals surface area contributed by atoms with Gasteiger partial charge in [0.2, 0.25) is 0 Å². The Balaban J connectivity index is 2.55. The molecule has 1 N–H and O–H groups in total. The first-order valence-corrected chi connectivity index (χ1v) is 5.31. The monoisotopic (exact) mass is 251 g/mol. The molecule has 0 amide bonds. The van der Waals surface area contributed by atoms with E-state index in [2.05, 4.69) is 5.32 Å². The number of rotatable bonds is 7. The standard InChI is InChI=1S/C12H15NO5/c1-18-10-4-2-9(3-5-10)13-7-8(12(16)17)6-11(14)15/h2-5,8,13H,6-7H2,1H3,(H,14,15)(H,16,17)/p-2/t8-/m1/s1. The molecule has 0 saturated heterocycles. The predicted octanol–water partition coefficient (Wildman–Crippen LogP) is -1.39. The summed E-state index contributed by atoms with van der Waals surface area (Å²) in [7, 11) is 1.54. The quantitative estimate of drug-likeness (QED) is 0.640. The lowest BCUT2D eigenvalue weighted by Crippen LogP contribution is -2.39. The fourth-order valence-electron chi connectivity index (χ4n) is 1.39. The predicted molar refractivity (Wildman–Crippen MR) is 59.6 cm³/mol. The molecule has 0 spiro atoms. The van der Waals surface area contributed by atoms with Crippen LogP contribution in [-0.4, -0.2) is 25.6 Å². The Bertz CT molecular complexity index is 415. The number of benzene rings is 1. The van der Waals surface area contributed by atoms with Crippen LogP contribution in [0.2, 0.25) is 0 Å². The molecule has 0 aliphatic heterocycles. The molecule has 0 heterocycles. The van der Waals surface area contributed by atoms with E-state index in [9.17, 15) is 19.8 Å². The van der Waals surface area contributed by atoms with E-state index < -0.39 is 24.3 Å². The number of carbonyl (C=O) groups is 2. The second kappa shape index (κ2) is 6.48. The van der Waals surface area contributed by atoms with E-state index in [0.717, 1.165) is 0 Å². The van der Waals surface area contributed by atoms with Crippen LogP contribution in [0.1, 0.15) is 6.42 Å². The van der Waals surface area contributed by atoms with Crippen molar-refractivity contribution in [2.24, 2.45) is 5.92 Å². The lowest BCUT2D eigenvalue weighted by atomic mass is 10.1. The van der Waals surface area contributed by atoms with Crippen molar-refractivity contribution in [3.8, 4) is 5.75 Å². The first-order chi connectivity index (χ1) is 8.52. The van der Waals surface area contributed by atoms with Crippen molar-refractivity contribution in [1.29, 1.82) is 0 Å². The molecule has 6 heteroatoms. The zero-order chi connectivity index (χ0) is 13.5. The third-order valence-electron chi connectivity index (χ3n) is 2.39. The minimum atomic E-state index is -1.42. The van der Waals surface area contributed by atoms with Gasteiger partial charge >= 0.3 is 0 Å². The van der Waals surface area contributed by atoms with Crippen molar-refractivity contribution in [2.75, 3.05) is 19.0 Å². The maximum Gasteiger partial charge on any atom is 0.119 e. The molecule has 0 saturated carbocycles. The number of hydrogen-bond acceptors (Lipinski definition) is 6. The SMILES string of the molecule is COc1ccc(NC[C@@H](CC(=O)[O-])C(=O)[O-])cc1. The van der Waals surface area contributed by atoms with E-state index >= 15 is 0 Å². The Kier molecular flexibility index (Phi) is 4.98. The van der Waals surface area contributed by atoms with Crippen LogP contribution in [0, 0.1) is 5.92 Å². The van der Waals surface area contributed by atoms with Gasteiger partial charge in [-0.2, -0.15) is 0 Å². The van der Waals surface area contributed by atoms with E-state index in [1.165, 1.54) is 7.11 Å². The number of carboxylic acids is 2. The molecular formula is C12H13NO5-2. The van der Waals surface area contributed by atoms with Crippen molar-refractivity contribution in [1.82, 2.24) is 0 Å². The zero-order valence-corrected chi connectivity index (χ0v) is 9.84. The molecule has 0 radical (unpaired) electrons. The number of carbonyl (C=O) groups excluding carboxylic acids is 2. The Morgan fingerprint density at radius 2 is 1.89 bits per heavy atom. The first kappa shape index (κ1) is 13.8. The molecule has 0 aliphatic rings. The molecule has 1 aromatic carbocycles. The van der Waals surface area contributed by atoms with Gasteiger partial charge < -0.3 is 29.9 Å². The number of carboxylic acid groups (broad SMARTS) is 2. The Morgan fingerprint density at radius 3 is 2.33 bits per heavy atom. The molecule has 0 aromatic heterocycles. The number of nitrogens with one attached hydrogen (secondary N) is 1. The molecule has 18 heavy (non-hydrogen) atoms. The maximum atomic E-state index is 10.7. The van der Waals surface area contributed by atoms with Crippen LogP contribution in [0.3, 0.4) is 0 Å². The molecule has 1 rings (SSSR count). The smallest absolute Gasteiger partial charge is 0.119 e.